The molecule has 0 unspecified atom stereocenters. The van der Waals surface area contributed by atoms with E-state index in [1.165, 1.54) is 0 Å². The Balaban J connectivity index is 2.79. The second-order valence-corrected chi connectivity index (χ2v) is 3.80. The minimum Gasteiger partial charge on any atom is -0.298 e. The highest BCUT2D eigenvalue weighted by atomic mass is 35.5. The van der Waals surface area contributed by atoms with Crippen molar-refractivity contribution in [3.63, 3.8) is 0 Å². The lowest BCUT2D eigenvalue weighted by molar-refractivity contribution is -0.123. The van der Waals surface area contributed by atoms with Crippen molar-refractivity contribution in [3.05, 3.63) is 0 Å². The summed E-state index contributed by atoms with van der Waals surface area (Å²) in [5, 5.41) is 16.6. The molecular formula is C9H9ClN2O. The molecule has 0 N–H and O–H groups in total. The number of halogens is 1. The second kappa shape index (κ2) is 3.77. The maximum Gasteiger partial charge on any atom is 0.153 e. The molecule has 1 aliphatic carbocycles. The molecule has 1 rings (SSSR count). The van der Waals surface area contributed by atoms with E-state index in [2.05, 4.69) is 0 Å². The van der Waals surface area contributed by atoms with Crippen molar-refractivity contribution in [1.29, 1.82) is 10.5 Å². The summed E-state index contributed by atoms with van der Waals surface area (Å²) in [6, 6.07) is 3.84. The second-order valence-electron chi connectivity index (χ2n) is 3.27. The molecule has 1 fully saturated rings. The van der Waals surface area contributed by atoms with Gasteiger partial charge in [-0.25, -0.2) is 0 Å². The third-order valence-electron chi connectivity index (χ3n) is 2.42. The van der Waals surface area contributed by atoms with Crippen LogP contribution < -0.4 is 0 Å². The molecule has 13 heavy (non-hydrogen) atoms. The third kappa shape index (κ3) is 1.82. The number of carbonyl (C=O) groups is 1. The normalized spacial score (nSPS) is 29.3. The Morgan fingerprint density at radius 2 is 2.31 bits per heavy atom. The smallest absolute Gasteiger partial charge is 0.153 e. The monoisotopic (exact) mass is 196 g/mol. The van der Waals surface area contributed by atoms with Gasteiger partial charge < -0.3 is 0 Å². The molecule has 0 aromatic carbocycles. The number of carbonyl (C=O) groups excluding carboxylic acids is 1. The Hall–Kier alpha value is -1.06. The molecule has 2 atom stereocenters. The van der Waals surface area contributed by atoms with E-state index in [1.54, 1.807) is 0 Å². The van der Waals surface area contributed by atoms with Gasteiger partial charge in [-0.2, -0.15) is 10.5 Å². The van der Waals surface area contributed by atoms with E-state index in [0.717, 1.165) is 6.42 Å². The van der Waals surface area contributed by atoms with Crippen molar-refractivity contribution in [3.8, 4) is 12.1 Å². The third-order valence-corrected chi connectivity index (χ3v) is 2.67. The van der Waals surface area contributed by atoms with Crippen molar-refractivity contribution in [2.24, 2.45) is 5.41 Å². The zero-order valence-corrected chi connectivity index (χ0v) is 7.84. The standard InChI is InChI=1S/C9H9ClN2O/c10-7(5-11)4-9(6-12)3-1-2-8(9)13/h7H,1-4H2/t7-,9+/m1/s1. The van der Waals surface area contributed by atoms with Gasteiger partial charge in [0.2, 0.25) is 0 Å². The summed E-state index contributed by atoms with van der Waals surface area (Å²) in [5.41, 5.74) is -0.970. The molecule has 0 aliphatic heterocycles. The van der Waals surface area contributed by atoms with Crippen molar-refractivity contribution in [2.75, 3.05) is 0 Å². The molecule has 0 radical (unpaired) electrons. The minimum absolute atomic E-state index is 0.0594. The molecule has 0 amide bonds. The summed E-state index contributed by atoms with van der Waals surface area (Å²) in [5.74, 6) is -0.0594. The molecule has 3 nitrogen and oxygen atoms in total. The number of alkyl halides is 1. The van der Waals surface area contributed by atoms with Crippen molar-refractivity contribution >= 4 is 17.4 Å². The highest BCUT2D eigenvalue weighted by molar-refractivity contribution is 6.22. The first kappa shape index (κ1) is 10.0. The first-order chi connectivity index (χ1) is 6.14. The Morgan fingerprint density at radius 1 is 1.62 bits per heavy atom. The SMILES string of the molecule is N#C[C@H](Cl)C[C@]1(C#N)CCCC1=O. The summed E-state index contributed by atoms with van der Waals surface area (Å²) in [7, 11) is 0. The van der Waals surface area contributed by atoms with Crippen LogP contribution in [0.15, 0.2) is 0 Å². The molecular weight excluding hydrogens is 188 g/mol. The molecule has 1 aliphatic rings. The average Bonchev–Trinajstić information content (AvgIpc) is 2.48. The van der Waals surface area contributed by atoms with Gasteiger partial charge in [-0.3, -0.25) is 4.79 Å². The van der Waals surface area contributed by atoms with E-state index in [0.29, 0.717) is 12.8 Å². The summed E-state index contributed by atoms with van der Waals surface area (Å²) >= 11 is 5.61. The molecule has 0 spiro atoms. The van der Waals surface area contributed by atoms with Gasteiger partial charge in [0, 0.05) is 12.8 Å². The largest absolute Gasteiger partial charge is 0.298 e. The maximum atomic E-state index is 11.4. The summed E-state index contributed by atoms with van der Waals surface area (Å²) < 4.78 is 0. The molecule has 0 saturated heterocycles. The van der Waals surface area contributed by atoms with Gasteiger partial charge in [0.25, 0.3) is 0 Å². The zero-order chi connectivity index (χ0) is 9.90. The predicted molar refractivity (Wildman–Crippen MR) is 46.8 cm³/mol. The summed E-state index contributed by atoms with van der Waals surface area (Å²) in [4.78, 5) is 11.4. The molecule has 0 aromatic rings. The molecule has 0 aromatic heterocycles. The van der Waals surface area contributed by atoms with E-state index in [4.69, 9.17) is 22.1 Å². The van der Waals surface area contributed by atoms with E-state index in [-0.39, 0.29) is 12.2 Å². The number of hydrogen-bond acceptors (Lipinski definition) is 3. The lowest BCUT2D eigenvalue weighted by Gasteiger charge is -2.18. The van der Waals surface area contributed by atoms with Crippen molar-refractivity contribution in [2.45, 2.75) is 31.1 Å². The van der Waals surface area contributed by atoms with Crippen LogP contribution in [0.5, 0.6) is 0 Å². The molecule has 68 valence electrons. The fourth-order valence-electron chi connectivity index (χ4n) is 1.66. The Morgan fingerprint density at radius 3 is 2.69 bits per heavy atom. The van der Waals surface area contributed by atoms with E-state index >= 15 is 0 Å². The van der Waals surface area contributed by atoms with E-state index in [1.807, 2.05) is 12.1 Å². The lowest BCUT2D eigenvalue weighted by atomic mass is 9.82. The van der Waals surface area contributed by atoms with E-state index in [9.17, 15) is 4.79 Å². The molecule has 1 saturated carbocycles. The fourth-order valence-corrected chi connectivity index (χ4v) is 1.92. The number of nitrogens with zero attached hydrogens (tertiary/aromatic N) is 2. The minimum atomic E-state index is -0.970. The topological polar surface area (TPSA) is 64.7 Å². The fraction of sp³-hybridized carbons (Fsp3) is 0.667. The first-order valence-corrected chi connectivity index (χ1v) is 4.56. The zero-order valence-electron chi connectivity index (χ0n) is 7.09. The van der Waals surface area contributed by atoms with Crippen LogP contribution in [-0.4, -0.2) is 11.2 Å². The van der Waals surface area contributed by atoms with Crippen LogP contribution in [0.3, 0.4) is 0 Å². The summed E-state index contributed by atoms with van der Waals surface area (Å²) in [6.07, 6.45) is 1.90. The Labute approximate surface area is 81.9 Å². The molecule has 0 heterocycles. The van der Waals surface area contributed by atoms with Crippen molar-refractivity contribution < 1.29 is 4.79 Å². The van der Waals surface area contributed by atoms with Crippen LogP contribution in [0.4, 0.5) is 0 Å². The predicted octanol–water partition coefficient (Wildman–Crippen LogP) is 1.77. The average molecular weight is 197 g/mol. The first-order valence-electron chi connectivity index (χ1n) is 4.13. The van der Waals surface area contributed by atoms with E-state index < -0.39 is 10.8 Å². The summed E-state index contributed by atoms with van der Waals surface area (Å²) in [6.45, 7) is 0. The Kier molecular flexibility index (Phi) is 2.90. The van der Waals surface area contributed by atoms with Gasteiger partial charge in [-0.05, 0) is 12.8 Å². The number of hydrogen-bond donors (Lipinski definition) is 0. The van der Waals surface area contributed by atoms with Gasteiger partial charge in [0.15, 0.2) is 5.78 Å². The Bertz CT molecular complexity index is 302. The van der Waals surface area contributed by atoms with Crippen LogP contribution in [0.25, 0.3) is 0 Å². The molecule has 0 bridgehead atoms. The number of rotatable bonds is 2. The van der Waals surface area contributed by atoms with Gasteiger partial charge >= 0.3 is 0 Å². The number of ketones is 1. The number of Topliss-reactive ketones (excluding diaryl/α,β-unsaturated/α-hetero) is 1. The quantitative estimate of drug-likeness (QED) is 0.633. The van der Waals surface area contributed by atoms with Gasteiger partial charge in [0.05, 0.1) is 12.1 Å². The lowest BCUT2D eigenvalue weighted by Crippen LogP contribution is -2.26. The maximum absolute atomic E-state index is 11.4. The van der Waals surface area contributed by atoms with Crippen LogP contribution in [0, 0.1) is 28.1 Å². The highest BCUT2D eigenvalue weighted by Crippen LogP contribution is 2.39. The van der Waals surface area contributed by atoms with Crippen LogP contribution >= 0.6 is 11.6 Å². The van der Waals surface area contributed by atoms with Gasteiger partial charge in [-0.1, -0.05) is 0 Å². The highest BCUT2D eigenvalue weighted by Gasteiger charge is 2.43. The van der Waals surface area contributed by atoms with Gasteiger partial charge in [0.1, 0.15) is 10.8 Å². The van der Waals surface area contributed by atoms with Crippen LogP contribution in [0.1, 0.15) is 25.7 Å². The van der Waals surface area contributed by atoms with Crippen molar-refractivity contribution in [1.82, 2.24) is 0 Å². The van der Waals surface area contributed by atoms with Crippen LogP contribution in [-0.2, 0) is 4.79 Å². The molecule has 4 heteroatoms. The number of nitriles is 2. The van der Waals surface area contributed by atoms with Gasteiger partial charge in [-0.15, -0.1) is 11.6 Å². The van der Waals surface area contributed by atoms with Crippen LogP contribution in [0.2, 0.25) is 0 Å².